The van der Waals surface area contributed by atoms with E-state index >= 15 is 0 Å². The van der Waals surface area contributed by atoms with E-state index in [1.807, 2.05) is 21.1 Å². The number of rotatable bonds is 35. The molecule has 6 atom stereocenters. The van der Waals surface area contributed by atoms with Crippen LogP contribution in [0, 0.1) is 11.8 Å². The van der Waals surface area contributed by atoms with E-state index in [0.29, 0.717) is 43.1 Å². The Morgan fingerprint density at radius 3 is 2.10 bits per heavy atom. The smallest absolute Gasteiger partial charge is 0.462 e. The van der Waals surface area contributed by atoms with Crippen molar-refractivity contribution in [3.05, 3.63) is 60.8 Å². The number of unbranched alkanes of at least 4 members (excludes halogenated alkanes) is 7. The van der Waals surface area contributed by atoms with Crippen LogP contribution in [0.3, 0.4) is 0 Å². The molecule has 0 aliphatic heterocycles. The average molecular weight is 853 g/mol. The molecule has 0 aromatic heterocycles. The van der Waals surface area contributed by atoms with Crippen molar-refractivity contribution in [2.45, 2.75) is 154 Å². The molecule has 59 heavy (non-hydrogen) atoms. The number of Topliss-reactive ketones (excluding diaryl/α,β-unsaturated/α-hetero) is 1. The Morgan fingerprint density at radius 1 is 0.814 bits per heavy atom. The van der Waals surface area contributed by atoms with Crippen LogP contribution < -0.4 is 0 Å². The van der Waals surface area contributed by atoms with Gasteiger partial charge in [-0.2, -0.15) is 0 Å². The molecule has 0 spiro atoms. The highest BCUT2D eigenvalue weighted by Crippen LogP contribution is 2.43. The summed E-state index contributed by atoms with van der Waals surface area (Å²) in [7, 11) is 1.30. The molecule has 13 heteroatoms. The first kappa shape index (κ1) is 54.3. The quantitative estimate of drug-likeness (QED) is 0.0183. The van der Waals surface area contributed by atoms with Gasteiger partial charge in [-0.05, 0) is 70.1 Å². The van der Waals surface area contributed by atoms with Gasteiger partial charge in [0, 0.05) is 25.2 Å². The zero-order chi connectivity index (χ0) is 43.8. The Hall–Kier alpha value is -2.70. The second-order valence-electron chi connectivity index (χ2n) is 16.5. The number of quaternary nitrogens is 1. The molecule has 1 aliphatic carbocycles. The van der Waals surface area contributed by atoms with E-state index in [9.17, 15) is 34.1 Å². The first-order chi connectivity index (χ1) is 28.2. The number of nitrogens with zero attached hydrogens (tertiary/aromatic N) is 1. The van der Waals surface area contributed by atoms with Gasteiger partial charge in [0.2, 0.25) is 0 Å². The van der Waals surface area contributed by atoms with Crippen molar-refractivity contribution < 1.29 is 57.1 Å². The highest BCUT2D eigenvalue weighted by Gasteiger charge is 2.39. The van der Waals surface area contributed by atoms with Gasteiger partial charge in [-0.25, -0.2) is 4.57 Å². The number of allylic oxidation sites excluding steroid dienone is 9. The number of esters is 2. The molecule has 0 amide bonds. The lowest BCUT2D eigenvalue weighted by Gasteiger charge is -2.24. The molecule has 12 nitrogen and oxygen atoms in total. The summed E-state index contributed by atoms with van der Waals surface area (Å²) in [6.45, 7) is 3.86. The van der Waals surface area contributed by atoms with E-state index in [1.54, 1.807) is 12.2 Å². The second kappa shape index (κ2) is 33.0. The number of hydrogen-bond donors (Lipinski definition) is 3. The number of carbonyl (C=O) groups excluding carboxylic acids is 3. The van der Waals surface area contributed by atoms with Crippen LogP contribution in [0.15, 0.2) is 60.8 Å². The monoisotopic (exact) mass is 853 g/mol. The molecule has 0 aromatic carbocycles. The zero-order valence-electron chi connectivity index (χ0n) is 36.9. The Kier molecular flexibility index (Phi) is 30.4. The van der Waals surface area contributed by atoms with Crippen molar-refractivity contribution in [2.24, 2.45) is 11.8 Å². The standard InChI is InChI=1S/C46H78NO11P/c1-6-8-10-11-12-13-14-15-16-17-18-19-20-21-26-30-45(51)55-37-40(38-57-59(53,54)56-35-34-47(3,4)5)58-46(52)31-27-23-22-25-29-41-42(44(50)36-43(41)49)33-32-39(48)28-24-9-7-2/h8,10,12-13,15-16,18-19,32-33,39-43,48-49H,6-7,9,11,14,17,20-31,34-38H2,1-5H3/p+1/b10-8-,13-12-,16-15-,19-18-,33-32+/t39-,40+,41+,42+,43-/m0/s1. The fraction of sp³-hybridized carbons (Fsp3) is 0.717. The number of likely N-dealkylation sites (N-methyl/N-ethyl adjacent to an activating group) is 1. The van der Waals surface area contributed by atoms with Crippen LogP contribution in [0.1, 0.15) is 136 Å². The third-order valence-electron chi connectivity index (χ3n) is 9.94. The summed E-state index contributed by atoms with van der Waals surface area (Å²) in [5, 5.41) is 20.8. The van der Waals surface area contributed by atoms with Crippen LogP contribution in [0.2, 0.25) is 0 Å². The van der Waals surface area contributed by atoms with Gasteiger partial charge in [0.05, 0.1) is 40.0 Å². The van der Waals surface area contributed by atoms with Crippen molar-refractivity contribution in [1.29, 1.82) is 0 Å². The maximum atomic E-state index is 12.8. The molecule has 1 saturated carbocycles. The zero-order valence-corrected chi connectivity index (χ0v) is 37.8. The summed E-state index contributed by atoms with van der Waals surface area (Å²) in [4.78, 5) is 48.1. The van der Waals surface area contributed by atoms with Crippen LogP contribution in [0.4, 0.5) is 0 Å². The van der Waals surface area contributed by atoms with E-state index in [-0.39, 0.29) is 44.2 Å². The molecule has 0 aromatic rings. The van der Waals surface area contributed by atoms with Crippen LogP contribution in [-0.2, 0) is 37.5 Å². The number of aliphatic hydroxyl groups excluding tert-OH is 2. The SMILES string of the molecule is CC/C=C\C/C=C\C/C=C\C/C=C\CCCCC(=O)OC[C@H](COP(=O)(O)OCC[N+](C)(C)C)OC(=O)CCCCCC[C@H]1[C@@H](O)CC(=O)[C@@H]1/C=C/[C@@H](O)CCCCC. The van der Waals surface area contributed by atoms with E-state index in [1.165, 1.54) is 0 Å². The van der Waals surface area contributed by atoms with Crippen LogP contribution in [0.25, 0.3) is 0 Å². The van der Waals surface area contributed by atoms with E-state index in [0.717, 1.165) is 70.6 Å². The van der Waals surface area contributed by atoms with Crippen molar-refractivity contribution in [2.75, 3.05) is 47.5 Å². The third-order valence-corrected chi connectivity index (χ3v) is 10.9. The van der Waals surface area contributed by atoms with Crippen molar-refractivity contribution in [1.82, 2.24) is 0 Å². The molecule has 3 N–H and O–H groups in total. The first-order valence-electron chi connectivity index (χ1n) is 22.1. The molecule has 338 valence electrons. The highest BCUT2D eigenvalue weighted by atomic mass is 31.2. The fourth-order valence-corrected chi connectivity index (χ4v) is 7.18. The Morgan fingerprint density at radius 2 is 1.44 bits per heavy atom. The lowest BCUT2D eigenvalue weighted by molar-refractivity contribution is -0.870. The van der Waals surface area contributed by atoms with Crippen molar-refractivity contribution >= 4 is 25.5 Å². The number of phosphoric acid groups is 1. The van der Waals surface area contributed by atoms with Gasteiger partial charge in [-0.3, -0.25) is 23.4 Å². The van der Waals surface area contributed by atoms with E-state index in [4.69, 9.17) is 18.5 Å². The minimum Gasteiger partial charge on any atom is -0.462 e. The average Bonchev–Trinajstić information content (AvgIpc) is 3.44. The highest BCUT2D eigenvalue weighted by molar-refractivity contribution is 7.47. The molecule has 1 aliphatic rings. The number of aliphatic hydroxyl groups is 2. The number of ketones is 1. The summed E-state index contributed by atoms with van der Waals surface area (Å²) in [5.74, 6) is -1.61. The minimum absolute atomic E-state index is 0.00236. The Bertz CT molecular complexity index is 1350. The molecule has 1 unspecified atom stereocenters. The van der Waals surface area contributed by atoms with Gasteiger partial charge in [-0.1, -0.05) is 113 Å². The normalized spacial score (nSPS) is 19.8. The maximum absolute atomic E-state index is 12.8. The molecular weight excluding hydrogens is 773 g/mol. The Balaban J connectivity index is 2.52. The largest absolute Gasteiger partial charge is 0.472 e. The molecule has 1 rings (SSSR count). The Labute approximate surface area is 356 Å². The lowest BCUT2D eigenvalue weighted by atomic mass is 9.88. The van der Waals surface area contributed by atoms with Crippen molar-refractivity contribution in [3.8, 4) is 0 Å². The van der Waals surface area contributed by atoms with Crippen LogP contribution in [-0.4, -0.2) is 103 Å². The van der Waals surface area contributed by atoms with Crippen LogP contribution >= 0.6 is 7.82 Å². The van der Waals surface area contributed by atoms with Crippen molar-refractivity contribution in [3.63, 3.8) is 0 Å². The van der Waals surface area contributed by atoms with E-state index in [2.05, 4.69) is 62.5 Å². The summed E-state index contributed by atoms with van der Waals surface area (Å²) in [6.07, 6.45) is 31.8. The number of carbonyl (C=O) groups is 3. The fourth-order valence-electron chi connectivity index (χ4n) is 6.44. The second-order valence-corrected chi connectivity index (χ2v) is 17.9. The summed E-state index contributed by atoms with van der Waals surface area (Å²) in [6, 6.07) is 0. The lowest BCUT2D eigenvalue weighted by Crippen LogP contribution is -2.37. The molecular formula is C46H79NO11P+. The first-order valence-corrected chi connectivity index (χ1v) is 23.6. The van der Waals surface area contributed by atoms with Gasteiger partial charge in [0.1, 0.15) is 25.5 Å². The molecule has 0 bridgehead atoms. The van der Waals surface area contributed by atoms with Gasteiger partial charge in [-0.15, -0.1) is 0 Å². The molecule has 0 heterocycles. The summed E-state index contributed by atoms with van der Waals surface area (Å²) >= 11 is 0. The number of hydrogen-bond acceptors (Lipinski definition) is 10. The number of phosphoric ester groups is 1. The molecule has 1 fully saturated rings. The summed E-state index contributed by atoms with van der Waals surface area (Å²) in [5.41, 5.74) is 0. The van der Waals surface area contributed by atoms with Gasteiger partial charge in [0.25, 0.3) is 0 Å². The predicted molar refractivity (Wildman–Crippen MR) is 234 cm³/mol. The predicted octanol–water partition coefficient (Wildman–Crippen LogP) is 9.05. The third kappa shape index (κ3) is 30.1. The maximum Gasteiger partial charge on any atom is 0.472 e. The molecule has 0 saturated heterocycles. The topological polar surface area (TPSA) is 166 Å². The van der Waals surface area contributed by atoms with Gasteiger partial charge in [0.15, 0.2) is 6.10 Å². The van der Waals surface area contributed by atoms with Gasteiger partial charge < -0.3 is 29.1 Å². The molecule has 0 radical (unpaired) electrons. The van der Waals surface area contributed by atoms with Gasteiger partial charge >= 0.3 is 19.8 Å². The van der Waals surface area contributed by atoms with E-state index < -0.39 is 50.6 Å². The number of ether oxygens (including phenoxy) is 2. The summed E-state index contributed by atoms with van der Waals surface area (Å²) < 4.78 is 34.2. The van der Waals surface area contributed by atoms with Crippen LogP contribution in [0.5, 0.6) is 0 Å². The minimum atomic E-state index is -4.45.